The molecule has 4 aliphatic rings. The molecule has 2 unspecified atom stereocenters. The number of nitrogens with one attached hydrogen (secondary N) is 2. The predicted molar refractivity (Wildman–Crippen MR) is 161 cm³/mol. The maximum atomic E-state index is 13.8. The quantitative estimate of drug-likeness (QED) is 0.482. The molecule has 0 saturated carbocycles. The Labute approximate surface area is 249 Å². The third kappa shape index (κ3) is 6.47. The number of likely N-dealkylation sites (N-methyl/N-ethyl adjacent to an activating group) is 1. The molecule has 6 rings (SSSR count). The molecule has 2 saturated heterocycles. The minimum absolute atomic E-state index is 0.0722. The Hall–Kier alpha value is -4.09. The number of amides is 2. The van der Waals surface area contributed by atoms with Crippen LogP contribution in [0.15, 0.2) is 65.3 Å². The first-order valence-electron chi connectivity index (χ1n) is 14.7. The van der Waals surface area contributed by atoms with Gasteiger partial charge in [-0.25, -0.2) is 8.78 Å². The summed E-state index contributed by atoms with van der Waals surface area (Å²) in [5.74, 6) is -1.43. The van der Waals surface area contributed by atoms with Crippen LogP contribution in [0.25, 0.3) is 0 Å². The molecule has 3 aliphatic heterocycles. The molecule has 2 atom stereocenters. The van der Waals surface area contributed by atoms with E-state index in [0.717, 1.165) is 49.9 Å². The Kier molecular flexibility index (Phi) is 8.53. The second kappa shape index (κ2) is 12.6. The van der Waals surface area contributed by atoms with Crippen molar-refractivity contribution in [1.82, 2.24) is 15.6 Å². The number of carbonyl (C=O) groups is 2. The van der Waals surface area contributed by atoms with Crippen LogP contribution in [0.3, 0.4) is 0 Å². The van der Waals surface area contributed by atoms with Crippen molar-refractivity contribution >= 4 is 29.5 Å². The molecule has 0 radical (unpaired) electrons. The SMILES string of the molecule is CN1CCN(c2ccc(C(=O)NC3=NNC4C=CC(Cc5cc(F)cc(F)c5)=CC34)c(N(C=O)C3CCOCC3)c2)CC1. The van der Waals surface area contributed by atoms with E-state index in [-0.39, 0.29) is 23.9 Å². The van der Waals surface area contributed by atoms with Crippen LogP contribution in [-0.4, -0.2) is 81.6 Å². The largest absolute Gasteiger partial charge is 0.381 e. The van der Waals surface area contributed by atoms with E-state index >= 15 is 0 Å². The zero-order valence-electron chi connectivity index (χ0n) is 24.1. The normalized spacial score (nSPS) is 22.3. The van der Waals surface area contributed by atoms with E-state index in [1.165, 1.54) is 12.1 Å². The van der Waals surface area contributed by atoms with Crippen LogP contribution in [0.1, 0.15) is 28.8 Å². The van der Waals surface area contributed by atoms with Gasteiger partial charge in [0.25, 0.3) is 5.91 Å². The fraction of sp³-hybridized carbons (Fsp3) is 0.406. The lowest BCUT2D eigenvalue weighted by Gasteiger charge is -2.36. The lowest BCUT2D eigenvalue weighted by atomic mass is 9.89. The van der Waals surface area contributed by atoms with Crippen molar-refractivity contribution < 1.29 is 23.1 Å². The predicted octanol–water partition coefficient (Wildman–Crippen LogP) is 3.23. The molecule has 3 heterocycles. The molecule has 0 bridgehead atoms. The summed E-state index contributed by atoms with van der Waals surface area (Å²) in [6.45, 7) is 4.70. The van der Waals surface area contributed by atoms with Crippen molar-refractivity contribution in [3.63, 3.8) is 0 Å². The Morgan fingerprint density at radius 3 is 2.58 bits per heavy atom. The molecule has 2 amide bonds. The highest BCUT2D eigenvalue weighted by Crippen LogP contribution is 2.31. The molecular weight excluding hydrogens is 554 g/mol. The molecule has 11 heteroatoms. The average Bonchev–Trinajstić information content (AvgIpc) is 3.39. The zero-order valence-corrected chi connectivity index (χ0v) is 24.1. The molecule has 2 aromatic rings. The van der Waals surface area contributed by atoms with E-state index in [1.54, 1.807) is 11.0 Å². The summed E-state index contributed by atoms with van der Waals surface area (Å²) < 4.78 is 33.0. The van der Waals surface area contributed by atoms with Crippen LogP contribution in [0, 0.1) is 17.6 Å². The van der Waals surface area contributed by atoms with Gasteiger partial charge in [-0.3, -0.25) is 9.59 Å². The first kappa shape index (κ1) is 29.0. The minimum atomic E-state index is -0.620. The van der Waals surface area contributed by atoms with Crippen LogP contribution in [0.4, 0.5) is 20.2 Å². The maximum Gasteiger partial charge on any atom is 0.258 e. The van der Waals surface area contributed by atoms with Crippen molar-refractivity contribution in [2.24, 2.45) is 11.0 Å². The van der Waals surface area contributed by atoms with Gasteiger partial charge in [-0.1, -0.05) is 18.2 Å². The highest BCUT2D eigenvalue weighted by Gasteiger charge is 2.33. The van der Waals surface area contributed by atoms with Gasteiger partial charge in [0, 0.05) is 57.2 Å². The Bertz CT molecular complexity index is 1440. The first-order valence-corrected chi connectivity index (χ1v) is 14.7. The standard InChI is InChI=1S/C32H36F2N6O3/c1-38-8-10-39(11-9-38)26-3-4-27(30(19-26)40(20-41)25-6-12-43-13-7-25)32(42)35-31-28-17-21(2-5-29(28)36-37-31)14-22-15-23(33)18-24(34)16-22/h2-5,15-20,25,28-29,36H,6-14H2,1H3,(H,35,37,42). The summed E-state index contributed by atoms with van der Waals surface area (Å²) in [5, 5.41) is 7.39. The van der Waals surface area contributed by atoms with Crippen molar-refractivity contribution in [2.45, 2.75) is 31.3 Å². The number of rotatable bonds is 7. The number of halogens is 2. The molecule has 2 fully saturated rings. The van der Waals surface area contributed by atoms with Crippen LogP contribution in [-0.2, 0) is 16.0 Å². The van der Waals surface area contributed by atoms with Crippen LogP contribution in [0.2, 0.25) is 0 Å². The van der Waals surface area contributed by atoms with Crippen LogP contribution >= 0.6 is 0 Å². The van der Waals surface area contributed by atoms with Crippen LogP contribution in [0.5, 0.6) is 0 Å². The molecule has 1 aliphatic carbocycles. The highest BCUT2D eigenvalue weighted by molar-refractivity contribution is 6.12. The van der Waals surface area contributed by atoms with Gasteiger partial charge in [-0.2, -0.15) is 5.10 Å². The Morgan fingerprint density at radius 2 is 1.86 bits per heavy atom. The number of hydrazone groups is 1. The Balaban J connectivity index is 1.24. The molecule has 2 N–H and O–H groups in total. The van der Waals surface area contributed by atoms with Gasteiger partial charge in [-0.15, -0.1) is 0 Å². The van der Waals surface area contributed by atoms with Crippen molar-refractivity contribution in [3.05, 3.63) is 83.0 Å². The number of anilines is 2. The summed E-state index contributed by atoms with van der Waals surface area (Å²) in [5.41, 5.74) is 6.35. The van der Waals surface area contributed by atoms with Gasteiger partial charge < -0.3 is 30.2 Å². The average molecular weight is 591 g/mol. The summed E-state index contributed by atoms with van der Waals surface area (Å²) in [7, 11) is 2.10. The van der Waals surface area contributed by atoms with E-state index in [1.807, 2.05) is 30.4 Å². The number of nitrogens with zero attached hydrogens (tertiary/aromatic N) is 4. The Morgan fingerprint density at radius 1 is 1.12 bits per heavy atom. The summed E-state index contributed by atoms with van der Waals surface area (Å²) >= 11 is 0. The molecule has 43 heavy (non-hydrogen) atoms. The third-order valence-corrected chi connectivity index (χ3v) is 8.59. The fourth-order valence-electron chi connectivity index (χ4n) is 6.18. The van der Waals surface area contributed by atoms with E-state index < -0.39 is 11.6 Å². The molecule has 0 spiro atoms. The van der Waals surface area contributed by atoms with E-state index in [2.05, 4.69) is 32.7 Å². The molecule has 9 nitrogen and oxygen atoms in total. The number of carbonyl (C=O) groups excluding carboxylic acids is 2. The number of hydrogen-bond acceptors (Lipinski definition) is 7. The van der Waals surface area contributed by atoms with E-state index in [9.17, 15) is 18.4 Å². The van der Waals surface area contributed by atoms with E-state index in [0.29, 0.717) is 55.1 Å². The number of amidine groups is 1. The van der Waals surface area contributed by atoms with Crippen molar-refractivity contribution in [3.8, 4) is 0 Å². The van der Waals surface area contributed by atoms with Crippen LogP contribution < -0.4 is 20.5 Å². The molecule has 226 valence electrons. The molecule has 2 aromatic carbocycles. The third-order valence-electron chi connectivity index (χ3n) is 8.59. The monoisotopic (exact) mass is 590 g/mol. The highest BCUT2D eigenvalue weighted by atomic mass is 19.1. The second-order valence-corrected chi connectivity index (χ2v) is 11.5. The summed E-state index contributed by atoms with van der Waals surface area (Å²) in [6.07, 6.45) is 8.34. The van der Waals surface area contributed by atoms with Crippen molar-refractivity contribution in [2.75, 3.05) is 56.2 Å². The van der Waals surface area contributed by atoms with Gasteiger partial charge in [-0.05, 0) is 67.8 Å². The zero-order chi connectivity index (χ0) is 29.9. The van der Waals surface area contributed by atoms with E-state index in [4.69, 9.17) is 4.74 Å². The number of piperazine rings is 1. The topological polar surface area (TPSA) is 89.5 Å². The lowest BCUT2D eigenvalue weighted by molar-refractivity contribution is -0.108. The number of allylic oxidation sites excluding steroid dienone is 2. The number of benzene rings is 2. The van der Waals surface area contributed by atoms with Gasteiger partial charge in [0.1, 0.15) is 17.5 Å². The first-order chi connectivity index (χ1) is 20.9. The second-order valence-electron chi connectivity index (χ2n) is 11.5. The summed E-state index contributed by atoms with van der Waals surface area (Å²) in [4.78, 5) is 32.6. The maximum absolute atomic E-state index is 13.8. The molecular formula is C32H36F2N6O3. The van der Waals surface area contributed by atoms with Crippen molar-refractivity contribution in [1.29, 1.82) is 0 Å². The molecule has 0 aromatic heterocycles. The smallest absolute Gasteiger partial charge is 0.258 e. The van der Waals surface area contributed by atoms with Gasteiger partial charge in [0.15, 0.2) is 0 Å². The number of hydrogen-bond donors (Lipinski definition) is 2. The lowest BCUT2D eigenvalue weighted by Crippen LogP contribution is -2.45. The minimum Gasteiger partial charge on any atom is -0.381 e. The van der Waals surface area contributed by atoms with Gasteiger partial charge >= 0.3 is 0 Å². The number of ether oxygens (including phenoxy) is 1. The number of fused-ring (bicyclic) bond motifs is 1. The van der Waals surface area contributed by atoms with Gasteiger partial charge in [0.2, 0.25) is 6.41 Å². The summed E-state index contributed by atoms with van der Waals surface area (Å²) in [6, 6.07) is 8.93. The fourth-order valence-corrected chi connectivity index (χ4v) is 6.18. The van der Waals surface area contributed by atoms with Gasteiger partial charge in [0.05, 0.1) is 23.2 Å².